The lowest BCUT2D eigenvalue weighted by Crippen LogP contribution is -2.18. The molecule has 0 radical (unpaired) electrons. The molecule has 0 atom stereocenters. The third kappa shape index (κ3) is 3.50. The van der Waals surface area contributed by atoms with Crippen LogP contribution in [0.2, 0.25) is 0 Å². The number of rotatable bonds is 4. The molecule has 0 spiro atoms. The molecule has 1 rings (SSSR count). The number of carbonyl (C=O) groups excluding carboxylic acids is 1. The molecule has 0 aromatic rings. The van der Waals surface area contributed by atoms with Gasteiger partial charge >= 0.3 is 0 Å². The van der Waals surface area contributed by atoms with Crippen LogP contribution in [-0.4, -0.2) is 6.29 Å². The van der Waals surface area contributed by atoms with Gasteiger partial charge in [0.05, 0.1) is 0 Å². The molecule has 0 amide bonds. The minimum absolute atomic E-state index is 0.775. The second-order valence-electron chi connectivity index (χ2n) is 4.77. The minimum Gasteiger partial charge on any atom is -0.303 e. The van der Waals surface area contributed by atoms with Gasteiger partial charge in [0.15, 0.2) is 0 Å². The number of aldehydes is 1. The van der Waals surface area contributed by atoms with Crippen molar-refractivity contribution in [1.82, 2.24) is 0 Å². The summed E-state index contributed by atoms with van der Waals surface area (Å²) in [5.74, 6) is 2.65. The molecule has 0 bridgehead atoms. The zero-order chi connectivity index (χ0) is 9.68. The van der Waals surface area contributed by atoms with E-state index in [1.165, 1.54) is 25.7 Å². The van der Waals surface area contributed by atoms with Gasteiger partial charge in [0.2, 0.25) is 0 Å². The highest BCUT2D eigenvalue weighted by atomic mass is 16.1. The van der Waals surface area contributed by atoms with Crippen molar-refractivity contribution in [3.8, 4) is 0 Å². The van der Waals surface area contributed by atoms with E-state index in [4.69, 9.17) is 0 Å². The van der Waals surface area contributed by atoms with Gasteiger partial charge in [-0.3, -0.25) is 0 Å². The standard InChI is InChI=1S/C12H22O/c1-10(2)12-7-5-11(6-8-12)4-3-9-13/h9-12H,3-8H2,1-2H3. The van der Waals surface area contributed by atoms with Crippen molar-refractivity contribution in [3.05, 3.63) is 0 Å². The van der Waals surface area contributed by atoms with Crippen LogP contribution in [0.4, 0.5) is 0 Å². The van der Waals surface area contributed by atoms with E-state index in [0.717, 1.165) is 36.9 Å². The van der Waals surface area contributed by atoms with Crippen molar-refractivity contribution in [1.29, 1.82) is 0 Å². The fourth-order valence-electron chi connectivity index (χ4n) is 2.45. The molecule has 0 N–H and O–H groups in total. The van der Waals surface area contributed by atoms with Gasteiger partial charge in [-0.05, 0) is 37.0 Å². The van der Waals surface area contributed by atoms with Crippen molar-refractivity contribution in [2.24, 2.45) is 17.8 Å². The second kappa shape index (κ2) is 5.41. The maximum atomic E-state index is 10.2. The average Bonchev–Trinajstić information content (AvgIpc) is 2.15. The van der Waals surface area contributed by atoms with Crippen molar-refractivity contribution in [3.63, 3.8) is 0 Å². The highest BCUT2D eigenvalue weighted by molar-refractivity contribution is 5.49. The Hall–Kier alpha value is -0.330. The fraction of sp³-hybridized carbons (Fsp3) is 0.917. The third-order valence-electron chi connectivity index (χ3n) is 3.53. The smallest absolute Gasteiger partial charge is 0.120 e. The molecule has 0 heterocycles. The van der Waals surface area contributed by atoms with Crippen LogP contribution in [0.25, 0.3) is 0 Å². The number of carbonyl (C=O) groups is 1. The Balaban J connectivity index is 2.18. The molecule has 1 aliphatic rings. The predicted octanol–water partition coefficient (Wildman–Crippen LogP) is 3.43. The quantitative estimate of drug-likeness (QED) is 0.609. The molecule has 0 aliphatic heterocycles. The van der Waals surface area contributed by atoms with Gasteiger partial charge in [-0.1, -0.05) is 26.7 Å². The van der Waals surface area contributed by atoms with E-state index in [1.54, 1.807) is 0 Å². The zero-order valence-corrected chi connectivity index (χ0v) is 8.96. The summed E-state index contributed by atoms with van der Waals surface area (Å²) in [7, 11) is 0. The normalized spacial score (nSPS) is 29.2. The molecule has 0 aromatic carbocycles. The van der Waals surface area contributed by atoms with Gasteiger partial charge in [0.25, 0.3) is 0 Å². The van der Waals surface area contributed by atoms with Crippen LogP contribution >= 0.6 is 0 Å². The van der Waals surface area contributed by atoms with Crippen LogP contribution in [-0.2, 0) is 4.79 Å². The Bertz CT molecular complexity index is 143. The first kappa shape index (κ1) is 10.7. The van der Waals surface area contributed by atoms with Gasteiger partial charge in [0, 0.05) is 6.42 Å². The van der Waals surface area contributed by atoms with Crippen LogP contribution in [0, 0.1) is 17.8 Å². The summed E-state index contributed by atoms with van der Waals surface area (Å²) < 4.78 is 0. The summed E-state index contributed by atoms with van der Waals surface area (Å²) in [6.07, 6.45) is 8.47. The first-order valence-electron chi connectivity index (χ1n) is 5.67. The van der Waals surface area contributed by atoms with Crippen LogP contribution in [0.3, 0.4) is 0 Å². The van der Waals surface area contributed by atoms with Gasteiger partial charge in [-0.15, -0.1) is 0 Å². The van der Waals surface area contributed by atoms with E-state index in [9.17, 15) is 4.79 Å². The summed E-state index contributed by atoms with van der Waals surface area (Å²) >= 11 is 0. The second-order valence-corrected chi connectivity index (χ2v) is 4.77. The molecule has 0 unspecified atom stereocenters. The largest absolute Gasteiger partial charge is 0.303 e. The molecule has 1 fully saturated rings. The molecule has 76 valence electrons. The van der Waals surface area contributed by atoms with E-state index in [1.807, 2.05) is 0 Å². The number of hydrogen-bond donors (Lipinski definition) is 0. The van der Waals surface area contributed by atoms with Gasteiger partial charge < -0.3 is 4.79 Å². The lowest BCUT2D eigenvalue weighted by atomic mass is 9.76. The molecule has 1 heteroatoms. The molecule has 1 aliphatic carbocycles. The Labute approximate surface area is 81.9 Å². The van der Waals surface area contributed by atoms with Gasteiger partial charge in [-0.2, -0.15) is 0 Å². The molecule has 0 aromatic heterocycles. The van der Waals surface area contributed by atoms with Crippen molar-refractivity contribution in [2.75, 3.05) is 0 Å². The van der Waals surface area contributed by atoms with Gasteiger partial charge in [0.1, 0.15) is 6.29 Å². The van der Waals surface area contributed by atoms with E-state index >= 15 is 0 Å². The van der Waals surface area contributed by atoms with Crippen LogP contribution in [0.5, 0.6) is 0 Å². The lowest BCUT2D eigenvalue weighted by molar-refractivity contribution is -0.108. The molecular weight excluding hydrogens is 160 g/mol. The first-order valence-corrected chi connectivity index (χ1v) is 5.67. The molecular formula is C12H22O. The maximum absolute atomic E-state index is 10.2. The van der Waals surface area contributed by atoms with Crippen LogP contribution < -0.4 is 0 Å². The Kier molecular flexibility index (Phi) is 4.47. The SMILES string of the molecule is CC(C)C1CCC(CCC=O)CC1. The monoisotopic (exact) mass is 182 g/mol. The summed E-state index contributed by atoms with van der Waals surface area (Å²) in [4.78, 5) is 10.2. The highest BCUT2D eigenvalue weighted by Crippen LogP contribution is 2.34. The Morgan fingerprint density at radius 3 is 2.31 bits per heavy atom. The van der Waals surface area contributed by atoms with Gasteiger partial charge in [-0.25, -0.2) is 0 Å². The average molecular weight is 182 g/mol. The lowest BCUT2D eigenvalue weighted by Gasteiger charge is -2.30. The molecule has 0 saturated heterocycles. The summed E-state index contributed by atoms with van der Waals surface area (Å²) in [5.41, 5.74) is 0. The topological polar surface area (TPSA) is 17.1 Å². The Morgan fingerprint density at radius 1 is 1.23 bits per heavy atom. The summed E-state index contributed by atoms with van der Waals surface area (Å²) in [6.45, 7) is 4.66. The first-order chi connectivity index (χ1) is 6.24. The van der Waals surface area contributed by atoms with Crippen molar-refractivity contribution >= 4 is 6.29 Å². The van der Waals surface area contributed by atoms with E-state index < -0.39 is 0 Å². The maximum Gasteiger partial charge on any atom is 0.120 e. The van der Waals surface area contributed by atoms with E-state index in [-0.39, 0.29) is 0 Å². The highest BCUT2D eigenvalue weighted by Gasteiger charge is 2.22. The molecule has 1 saturated carbocycles. The summed E-state index contributed by atoms with van der Waals surface area (Å²) in [6, 6.07) is 0. The number of hydrogen-bond acceptors (Lipinski definition) is 1. The molecule has 1 nitrogen and oxygen atoms in total. The Morgan fingerprint density at radius 2 is 1.85 bits per heavy atom. The predicted molar refractivity (Wildman–Crippen MR) is 55.6 cm³/mol. The van der Waals surface area contributed by atoms with E-state index in [0.29, 0.717) is 0 Å². The van der Waals surface area contributed by atoms with Crippen molar-refractivity contribution in [2.45, 2.75) is 52.4 Å². The third-order valence-corrected chi connectivity index (χ3v) is 3.53. The fourth-order valence-corrected chi connectivity index (χ4v) is 2.45. The van der Waals surface area contributed by atoms with Crippen LogP contribution in [0.1, 0.15) is 52.4 Å². The van der Waals surface area contributed by atoms with Crippen LogP contribution in [0.15, 0.2) is 0 Å². The van der Waals surface area contributed by atoms with Crippen molar-refractivity contribution < 1.29 is 4.79 Å². The zero-order valence-electron chi connectivity index (χ0n) is 8.96. The minimum atomic E-state index is 0.775. The summed E-state index contributed by atoms with van der Waals surface area (Å²) in [5, 5.41) is 0. The van der Waals surface area contributed by atoms with E-state index in [2.05, 4.69) is 13.8 Å². The molecule has 13 heavy (non-hydrogen) atoms.